The molecule has 4 nitrogen and oxygen atoms in total. The molecule has 1 saturated heterocycles. The summed E-state index contributed by atoms with van der Waals surface area (Å²) in [7, 11) is 2.11. The Hall–Kier alpha value is -0.610. The summed E-state index contributed by atoms with van der Waals surface area (Å²) in [6.07, 6.45) is 1.42. The van der Waals surface area contributed by atoms with E-state index in [9.17, 15) is 4.79 Å². The lowest BCUT2D eigenvalue weighted by molar-refractivity contribution is -0.137. The van der Waals surface area contributed by atoms with Gasteiger partial charge in [0.2, 0.25) is 0 Å². The topological polar surface area (TPSA) is 43.8 Å². The number of likely N-dealkylation sites (N-methyl/N-ethyl adjacent to an activating group) is 1. The Morgan fingerprint density at radius 1 is 1.20 bits per heavy atom. The highest BCUT2D eigenvalue weighted by Crippen LogP contribution is 2.01. The lowest BCUT2D eigenvalue weighted by Gasteiger charge is -2.18. The summed E-state index contributed by atoms with van der Waals surface area (Å²) < 4.78 is 0. The minimum Gasteiger partial charge on any atom is -0.481 e. The second kappa shape index (κ2) is 8.68. The molecule has 0 aliphatic carbocycles. The van der Waals surface area contributed by atoms with Gasteiger partial charge >= 0.3 is 5.97 Å². The maximum atomic E-state index is 10.4. The second-order valence-corrected chi connectivity index (χ2v) is 3.64. The smallest absolute Gasteiger partial charge is 0.304 e. The molecule has 1 aliphatic rings. The number of carbonyl (C=O) groups is 1. The second-order valence-electron chi connectivity index (χ2n) is 3.64. The van der Waals surface area contributed by atoms with E-state index in [1.54, 1.807) is 0 Å². The van der Waals surface area contributed by atoms with Crippen LogP contribution in [0.3, 0.4) is 0 Å². The van der Waals surface area contributed by atoms with Gasteiger partial charge in [0.15, 0.2) is 0 Å². The van der Waals surface area contributed by atoms with E-state index in [4.69, 9.17) is 5.11 Å². The van der Waals surface area contributed by atoms with Crippen LogP contribution < -0.4 is 0 Å². The van der Waals surface area contributed by atoms with E-state index in [2.05, 4.69) is 16.8 Å². The molecular weight excluding hydrogens is 192 g/mol. The minimum atomic E-state index is -0.697. The van der Waals surface area contributed by atoms with E-state index in [0.29, 0.717) is 6.54 Å². The Balaban J connectivity index is 0.000000921. The zero-order valence-electron chi connectivity index (χ0n) is 10.2. The number of nitrogens with zero attached hydrogens (tertiary/aromatic N) is 2. The van der Waals surface area contributed by atoms with E-state index >= 15 is 0 Å². The van der Waals surface area contributed by atoms with Crippen molar-refractivity contribution in [2.24, 2.45) is 0 Å². The van der Waals surface area contributed by atoms with Crippen molar-refractivity contribution in [2.45, 2.75) is 26.7 Å². The predicted molar refractivity (Wildman–Crippen MR) is 62.2 cm³/mol. The predicted octanol–water partition coefficient (Wildman–Crippen LogP) is 1.12. The molecule has 0 aromatic rings. The first-order chi connectivity index (χ1) is 7.18. The van der Waals surface area contributed by atoms with Crippen LogP contribution in [0.4, 0.5) is 0 Å². The third-order valence-corrected chi connectivity index (χ3v) is 2.45. The standard InChI is InChI=1S/C9H18N2O2.C2H6/c1-10-4-2-5-11(8-7-10)6-3-9(12)13;1-2/h2-8H2,1H3,(H,12,13);1-2H3. The molecule has 15 heavy (non-hydrogen) atoms. The maximum Gasteiger partial charge on any atom is 0.304 e. The third-order valence-electron chi connectivity index (χ3n) is 2.45. The number of carboxylic acids is 1. The molecule has 1 fully saturated rings. The van der Waals surface area contributed by atoms with E-state index in [1.807, 2.05) is 13.8 Å². The Morgan fingerprint density at radius 2 is 1.87 bits per heavy atom. The van der Waals surface area contributed by atoms with Gasteiger partial charge in [-0.15, -0.1) is 0 Å². The lowest BCUT2D eigenvalue weighted by Crippen LogP contribution is -2.30. The van der Waals surface area contributed by atoms with Crippen molar-refractivity contribution in [3.05, 3.63) is 0 Å². The highest BCUT2D eigenvalue weighted by molar-refractivity contribution is 5.66. The number of hydrogen-bond acceptors (Lipinski definition) is 3. The van der Waals surface area contributed by atoms with Crippen molar-refractivity contribution in [3.8, 4) is 0 Å². The summed E-state index contributed by atoms with van der Waals surface area (Å²) in [6, 6.07) is 0. The first-order valence-electron chi connectivity index (χ1n) is 5.81. The Bertz CT molecular complexity index is 174. The highest BCUT2D eigenvalue weighted by atomic mass is 16.4. The molecule has 0 spiro atoms. The molecule has 0 aromatic carbocycles. The lowest BCUT2D eigenvalue weighted by atomic mass is 10.3. The van der Waals surface area contributed by atoms with Crippen molar-refractivity contribution in [2.75, 3.05) is 39.8 Å². The monoisotopic (exact) mass is 216 g/mol. The molecule has 90 valence electrons. The first kappa shape index (κ1) is 14.4. The molecule has 0 radical (unpaired) electrons. The fourth-order valence-electron chi connectivity index (χ4n) is 1.58. The average Bonchev–Trinajstić information content (AvgIpc) is 2.43. The van der Waals surface area contributed by atoms with Crippen molar-refractivity contribution >= 4 is 5.97 Å². The van der Waals surface area contributed by atoms with Crippen LogP contribution in [-0.2, 0) is 4.79 Å². The molecule has 0 bridgehead atoms. The van der Waals surface area contributed by atoms with E-state index < -0.39 is 5.97 Å². The van der Waals surface area contributed by atoms with Crippen LogP contribution in [0.25, 0.3) is 0 Å². The van der Waals surface area contributed by atoms with Gasteiger partial charge in [-0.1, -0.05) is 13.8 Å². The first-order valence-corrected chi connectivity index (χ1v) is 5.81. The normalized spacial score (nSPS) is 18.9. The Labute approximate surface area is 92.9 Å². The van der Waals surface area contributed by atoms with Crippen molar-refractivity contribution in [1.29, 1.82) is 0 Å². The molecule has 1 aliphatic heterocycles. The zero-order chi connectivity index (χ0) is 11.7. The SMILES string of the molecule is CC.CN1CCCN(CCC(=O)O)CC1. The van der Waals surface area contributed by atoms with Crippen LogP contribution in [0, 0.1) is 0 Å². The molecule has 0 amide bonds. The molecule has 0 aromatic heterocycles. The molecule has 1 heterocycles. The van der Waals surface area contributed by atoms with Crippen LogP contribution in [-0.4, -0.2) is 60.6 Å². The van der Waals surface area contributed by atoms with Crippen molar-refractivity contribution in [3.63, 3.8) is 0 Å². The van der Waals surface area contributed by atoms with Gasteiger partial charge in [0, 0.05) is 19.6 Å². The molecule has 0 saturated carbocycles. The molecule has 0 unspecified atom stereocenters. The largest absolute Gasteiger partial charge is 0.481 e. The van der Waals surface area contributed by atoms with Crippen molar-refractivity contribution < 1.29 is 9.90 Å². The van der Waals surface area contributed by atoms with Crippen LogP contribution in [0.5, 0.6) is 0 Å². The molecule has 1 N–H and O–H groups in total. The molecular formula is C11H24N2O2. The maximum absolute atomic E-state index is 10.4. The van der Waals surface area contributed by atoms with Crippen LogP contribution >= 0.6 is 0 Å². The van der Waals surface area contributed by atoms with Gasteiger partial charge in [0.1, 0.15) is 0 Å². The molecule has 4 heteroatoms. The number of hydrogen-bond donors (Lipinski definition) is 1. The Morgan fingerprint density at radius 3 is 2.47 bits per heavy atom. The summed E-state index contributed by atoms with van der Waals surface area (Å²) in [6.45, 7) is 8.92. The van der Waals surface area contributed by atoms with E-state index in [0.717, 1.165) is 32.6 Å². The molecule has 1 rings (SSSR count). The fourth-order valence-corrected chi connectivity index (χ4v) is 1.58. The van der Waals surface area contributed by atoms with Gasteiger partial charge in [0.25, 0.3) is 0 Å². The summed E-state index contributed by atoms with van der Waals surface area (Å²) in [5, 5.41) is 8.53. The van der Waals surface area contributed by atoms with Gasteiger partial charge in [-0.25, -0.2) is 0 Å². The summed E-state index contributed by atoms with van der Waals surface area (Å²) in [5.74, 6) is -0.697. The van der Waals surface area contributed by atoms with Gasteiger partial charge < -0.3 is 14.9 Å². The average molecular weight is 216 g/mol. The summed E-state index contributed by atoms with van der Waals surface area (Å²) >= 11 is 0. The van der Waals surface area contributed by atoms with Crippen LogP contribution in [0.15, 0.2) is 0 Å². The quantitative estimate of drug-likeness (QED) is 0.768. The van der Waals surface area contributed by atoms with Crippen LogP contribution in [0.1, 0.15) is 26.7 Å². The van der Waals surface area contributed by atoms with E-state index in [1.165, 1.54) is 0 Å². The van der Waals surface area contributed by atoms with Gasteiger partial charge in [0.05, 0.1) is 6.42 Å². The Kier molecular flexibility index (Phi) is 8.33. The minimum absolute atomic E-state index is 0.268. The fraction of sp³-hybridized carbons (Fsp3) is 0.909. The van der Waals surface area contributed by atoms with Gasteiger partial charge in [-0.05, 0) is 26.6 Å². The number of carboxylic acid groups (broad SMARTS) is 1. The van der Waals surface area contributed by atoms with Gasteiger partial charge in [-0.2, -0.15) is 0 Å². The van der Waals surface area contributed by atoms with Crippen LogP contribution in [0.2, 0.25) is 0 Å². The zero-order valence-corrected chi connectivity index (χ0v) is 10.2. The third kappa shape index (κ3) is 7.33. The van der Waals surface area contributed by atoms with Gasteiger partial charge in [-0.3, -0.25) is 4.79 Å². The summed E-state index contributed by atoms with van der Waals surface area (Å²) in [4.78, 5) is 14.9. The number of aliphatic carboxylic acids is 1. The highest BCUT2D eigenvalue weighted by Gasteiger charge is 2.12. The van der Waals surface area contributed by atoms with E-state index in [-0.39, 0.29) is 6.42 Å². The summed E-state index contributed by atoms with van der Waals surface area (Å²) in [5.41, 5.74) is 0. The number of rotatable bonds is 3. The van der Waals surface area contributed by atoms with Crippen molar-refractivity contribution in [1.82, 2.24) is 9.80 Å². The molecule has 0 atom stereocenters.